The summed E-state index contributed by atoms with van der Waals surface area (Å²) in [4.78, 5) is 26.1. The molecule has 126 valence electrons. The molecule has 0 radical (unpaired) electrons. The number of piperidine rings is 1. The van der Waals surface area contributed by atoms with Gasteiger partial charge >= 0.3 is 5.97 Å². The highest BCUT2D eigenvalue weighted by molar-refractivity contribution is 5.84. The zero-order valence-corrected chi connectivity index (χ0v) is 13.5. The van der Waals surface area contributed by atoms with Crippen molar-refractivity contribution >= 4 is 11.9 Å². The number of hydrogen-bond donors (Lipinski definition) is 1. The normalized spacial score (nSPS) is 22.6. The van der Waals surface area contributed by atoms with Crippen molar-refractivity contribution in [1.29, 1.82) is 0 Å². The highest BCUT2D eigenvalue weighted by Crippen LogP contribution is 2.32. The van der Waals surface area contributed by atoms with Crippen LogP contribution in [0.1, 0.15) is 24.5 Å². The molecule has 1 amide bonds. The van der Waals surface area contributed by atoms with Gasteiger partial charge in [0.25, 0.3) is 5.91 Å². The van der Waals surface area contributed by atoms with Gasteiger partial charge in [0.1, 0.15) is 5.41 Å². The first-order chi connectivity index (χ1) is 11.0. The Morgan fingerprint density at radius 2 is 2.00 bits per heavy atom. The van der Waals surface area contributed by atoms with E-state index in [9.17, 15) is 14.7 Å². The highest BCUT2D eigenvalue weighted by atomic mass is 16.5. The number of carboxylic acid groups (broad SMARTS) is 1. The van der Waals surface area contributed by atoms with Gasteiger partial charge in [-0.25, -0.2) is 0 Å². The molecule has 0 aliphatic carbocycles. The van der Waals surface area contributed by atoms with Crippen molar-refractivity contribution in [2.24, 2.45) is 5.41 Å². The summed E-state index contributed by atoms with van der Waals surface area (Å²) in [6.45, 7) is 0.765. The van der Waals surface area contributed by atoms with Gasteiger partial charge in [-0.1, -0.05) is 30.3 Å². The van der Waals surface area contributed by atoms with E-state index in [1.54, 1.807) is 4.90 Å². The molecule has 0 aromatic heterocycles. The van der Waals surface area contributed by atoms with Crippen molar-refractivity contribution in [3.8, 4) is 0 Å². The Kier molecular flexibility index (Phi) is 5.74. The van der Waals surface area contributed by atoms with Gasteiger partial charge in [-0.05, 0) is 18.4 Å². The maximum absolute atomic E-state index is 12.8. The quantitative estimate of drug-likeness (QED) is 0.863. The maximum atomic E-state index is 12.8. The first kappa shape index (κ1) is 17.4. The summed E-state index contributed by atoms with van der Waals surface area (Å²) in [5.74, 6) is -1.13. The van der Waals surface area contributed by atoms with Gasteiger partial charge in [0, 0.05) is 27.3 Å². The molecule has 1 N–H and O–H groups in total. The van der Waals surface area contributed by atoms with Crippen molar-refractivity contribution < 1.29 is 24.2 Å². The summed E-state index contributed by atoms with van der Waals surface area (Å²) < 4.78 is 10.5. The SMILES string of the molecule is COCC1(C(=O)O)CCCN(C(=O)[C@H](OC)c2ccccc2)C1. The Bertz CT molecular complexity index is 543. The molecule has 1 fully saturated rings. The predicted molar refractivity (Wildman–Crippen MR) is 84.0 cm³/mol. The third-order valence-corrected chi connectivity index (χ3v) is 4.33. The van der Waals surface area contributed by atoms with E-state index in [0.717, 1.165) is 5.56 Å². The average Bonchev–Trinajstić information content (AvgIpc) is 2.57. The highest BCUT2D eigenvalue weighted by Gasteiger charge is 2.44. The lowest BCUT2D eigenvalue weighted by Crippen LogP contribution is -2.53. The summed E-state index contributed by atoms with van der Waals surface area (Å²) in [6.07, 6.45) is 0.415. The number of amides is 1. The first-order valence-corrected chi connectivity index (χ1v) is 7.63. The zero-order valence-electron chi connectivity index (χ0n) is 13.5. The molecule has 1 aromatic rings. The summed E-state index contributed by atoms with van der Waals surface area (Å²) in [6, 6.07) is 9.22. The van der Waals surface area contributed by atoms with E-state index in [1.807, 2.05) is 30.3 Å². The van der Waals surface area contributed by atoms with E-state index in [2.05, 4.69) is 0 Å². The molecule has 1 heterocycles. The fraction of sp³-hybridized carbons (Fsp3) is 0.529. The van der Waals surface area contributed by atoms with E-state index in [1.165, 1.54) is 14.2 Å². The first-order valence-electron chi connectivity index (χ1n) is 7.63. The number of ether oxygens (including phenoxy) is 2. The smallest absolute Gasteiger partial charge is 0.313 e. The van der Waals surface area contributed by atoms with Crippen LogP contribution in [0, 0.1) is 5.41 Å². The number of carboxylic acids is 1. The zero-order chi connectivity index (χ0) is 16.9. The Hall–Kier alpha value is -1.92. The second-order valence-electron chi connectivity index (χ2n) is 5.91. The van der Waals surface area contributed by atoms with Crippen molar-refractivity contribution in [2.45, 2.75) is 18.9 Å². The summed E-state index contributed by atoms with van der Waals surface area (Å²) >= 11 is 0. The number of aliphatic carboxylic acids is 1. The maximum Gasteiger partial charge on any atom is 0.313 e. The summed E-state index contributed by atoms with van der Waals surface area (Å²) in [5, 5.41) is 9.58. The Morgan fingerprint density at radius 3 is 2.57 bits per heavy atom. The molecular formula is C17H23NO5. The van der Waals surface area contributed by atoms with Crippen LogP contribution in [0.4, 0.5) is 0 Å². The summed E-state index contributed by atoms with van der Waals surface area (Å²) in [7, 11) is 2.96. The van der Waals surface area contributed by atoms with Crippen LogP contribution in [-0.4, -0.2) is 55.8 Å². The van der Waals surface area contributed by atoms with Crippen LogP contribution in [0.2, 0.25) is 0 Å². The molecule has 23 heavy (non-hydrogen) atoms. The Morgan fingerprint density at radius 1 is 1.30 bits per heavy atom. The third-order valence-electron chi connectivity index (χ3n) is 4.33. The number of likely N-dealkylation sites (tertiary alicyclic amines) is 1. The molecule has 2 atom stereocenters. The minimum Gasteiger partial charge on any atom is -0.481 e. The standard InChI is InChI=1S/C17H23NO5/c1-22-12-17(16(20)21)9-6-10-18(11-17)15(19)14(23-2)13-7-4-3-5-8-13/h3-5,7-8,14H,6,9-12H2,1-2H3,(H,20,21)/t14-,17?/m1/s1. The van der Waals surface area contributed by atoms with Crippen LogP contribution in [0.3, 0.4) is 0 Å². The molecule has 1 aromatic carbocycles. The number of nitrogens with zero attached hydrogens (tertiary/aromatic N) is 1. The number of carbonyl (C=O) groups excluding carboxylic acids is 1. The van der Waals surface area contributed by atoms with E-state index in [-0.39, 0.29) is 19.1 Å². The van der Waals surface area contributed by atoms with Gasteiger partial charge in [-0.15, -0.1) is 0 Å². The van der Waals surface area contributed by atoms with Crippen LogP contribution in [-0.2, 0) is 19.1 Å². The topological polar surface area (TPSA) is 76.1 Å². The molecule has 6 nitrogen and oxygen atoms in total. The molecule has 1 saturated heterocycles. The minimum absolute atomic E-state index is 0.0924. The fourth-order valence-corrected chi connectivity index (χ4v) is 3.12. The number of carbonyl (C=O) groups is 2. The predicted octanol–water partition coefficient (Wildman–Crippen LogP) is 1.71. The molecule has 2 rings (SSSR count). The van der Waals surface area contributed by atoms with E-state index in [0.29, 0.717) is 19.4 Å². The van der Waals surface area contributed by atoms with Crippen molar-refractivity contribution in [1.82, 2.24) is 4.90 Å². The molecular weight excluding hydrogens is 298 g/mol. The second kappa shape index (κ2) is 7.57. The average molecular weight is 321 g/mol. The molecule has 0 spiro atoms. The molecule has 6 heteroatoms. The third kappa shape index (κ3) is 3.71. The number of methoxy groups -OCH3 is 2. The Balaban J connectivity index is 2.19. The number of rotatable bonds is 6. The molecule has 1 aliphatic rings. The van der Waals surface area contributed by atoms with Gasteiger partial charge in [-0.2, -0.15) is 0 Å². The molecule has 1 aliphatic heterocycles. The lowest BCUT2D eigenvalue weighted by molar-refractivity contribution is -0.161. The van der Waals surface area contributed by atoms with Gasteiger partial charge in [-0.3, -0.25) is 9.59 Å². The molecule has 0 saturated carbocycles. The van der Waals surface area contributed by atoms with Crippen LogP contribution >= 0.6 is 0 Å². The van der Waals surface area contributed by atoms with E-state index >= 15 is 0 Å². The van der Waals surface area contributed by atoms with Crippen molar-refractivity contribution in [3.63, 3.8) is 0 Å². The molecule has 1 unspecified atom stereocenters. The fourth-order valence-electron chi connectivity index (χ4n) is 3.12. The van der Waals surface area contributed by atoms with E-state index < -0.39 is 17.5 Å². The number of benzene rings is 1. The van der Waals surface area contributed by atoms with Gasteiger partial charge in [0.2, 0.25) is 0 Å². The van der Waals surface area contributed by atoms with Crippen molar-refractivity contribution in [2.75, 3.05) is 33.9 Å². The van der Waals surface area contributed by atoms with E-state index in [4.69, 9.17) is 9.47 Å². The number of hydrogen-bond acceptors (Lipinski definition) is 4. The second-order valence-corrected chi connectivity index (χ2v) is 5.91. The van der Waals surface area contributed by atoms with Gasteiger partial charge in [0.05, 0.1) is 6.61 Å². The summed E-state index contributed by atoms with van der Waals surface area (Å²) in [5.41, 5.74) is -0.282. The Labute approximate surface area is 136 Å². The van der Waals surface area contributed by atoms with Gasteiger partial charge < -0.3 is 19.5 Å². The van der Waals surface area contributed by atoms with Crippen LogP contribution in [0.25, 0.3) is 0 Å². The molecule has 0 bridgehead atoms. The van der Waals surface area contributed by atoms with Crippen LogP contribution < -0.4 is 0 Å². The van der Waals surface area contributed by atoms with Crippen LogP contribution in [0.15, 0.2) is 30.3 Å². The lowest BCUT2D eigenvalue weighted by Gasteiger charge is -2.40. The lowest BCUT2D eigenvalue weighted by atomic mass is 9.80. The van der Waals surface area contributed by atoms with Crippen molar-refractivity contribution in [3.05, 3.63) is 35.9 Å². The van der Waals surface area contributed by atoms with Gasteiger partial charge in [0.15, 0.2) is 6.10 Å². The monoisotopic (exact) mass is 321 g/mol. The minimum atomic E-state index is -1.04. The van der Waals surface area contributed by atoms with Crippen LogP contribution in [0.5, 0.6) is 0 Å². The largest absolute Gasteiger partial charge is 0.481 e.